The number of aliphatic hydroxyl groups is 1. The summed E-state index contributed by atoms with van der Waals surface area (Å²) >= 11 is 0. The Morgan fingerprint density at radius 1 is 1.44 bits per heavy atom. The number of hydrogen-bond acceptors (Lipinski definition) is 3. The molecule has 1 aliphatic heterocycles. The summed E-state index contributed by atoms with van der Waals surface area (Å²) < 4.78 is 0. The van der Waals surface area contributed by atoms with E-state index in [-0.39, 0.29) is 5.91 Å². The SMILES string of the molecule is CCC(CC)C(O)CNC(=O)CC1CNC1. The molecular formula is C12H24N2O2. The molecular weight excluding hydrogens is 204 g/mol. The summed E-state index contributed by atoms with van der Waals surface area (Å²) in [5.41, 5.74) is 0. The highest BCUT2D eigenvalue weighted by molar-refractivity contribution is 5.76. The highest BCUT2D eigenvalue weighted by atomic mass is 16.3. The van der Waals surface area contributed by atoms with Crippen LogP contribution in [0.4, 0.5) is 0 Å². The van der Waals surface area contributed by atoms with E-state index in [4.69, 9.17) is 0 Å². The van der Waals surface area contributed by atoms with Gasteiger partial charge in [0.1, 0.15) is 0 Å². The predicted octanol–water partition coefficient (Wildman–Crippen LogP) is 0.509. The van der Waals surface area contributed by atoms with Crippen molar-refractivity contribution in [2.24, 2.45) is 11.8 Å². The summed E-state index contributed by atoms with van der Waals surface area (Å²) in [4.78, 5) is 11.5. The minimum atomic E-state index is -0.404. The van der Waals surface area contributed by atoms with Crippen LogP contribution >= 0.6 is 0 Å². The third-order valence-electron chi connectivity index (χ3n) is 3.44. The van der Waals surface area contributed by atoms with Crippen LogP contribution in [0.2, 0.25) is 0 Å². The van der Waals surface area contributed by atoms with Crippen molar-refractivity contribution >= 4 is 5.91 Å². The van der Waals surface area contributed by atoms with E-state index in [1.54, 1.807) is 0 Å². The molecule has 0 radical (unpaired) electrons. The van der Waals surface area contributed by atoms with Crippen molar-refractivity contribution < 1.29 is 9.90 Å². The van der Waals surface area contributed by atoms with Crippen LogP contribution in [-0.2, 0) is 4.79 Å². The second kappa shape index (κ2) is 6.86. The topological polar surface area (TPSA) is 61.4 Å². The lowest BCUT2D eigenvalue weighted by atomic mass is 9.96. The van der Waals surface area contributed by atoms with E-state index >= 15 is 0 Å². The Labute approximate surface area is 97.8 Å². The van der Waals surface area contributed by atoms with Crippen LogP contribution < -0.4 is 10.6 Å². The molecule has 1 heterocycles. The molecule has 1 aliphatic rings. The normalized spacial score (nSPS) is 18.2. The van der Waals surface area contributed by atoms with Crippen molar-refractivity contribution in [3.05, 3.63) is 0 Å². The molecule has 0 aromatic carbocycles. The minimum absolute atomic E-state index is 0.0662. The number of carbonyl (C=O) groups is 1. The fourth-order valence-electron chi connectivity index (χ4n) is 2.05. The molecule has 0 aromatic heterocycles. The van der Waals surface area contributed by atoms with Gasteiger partial charge in [0.2, 0.25) is 5.91 Å². The van der Waals surface area contributed by atoms with Gasteiger partial charge in [-0.15, -0.1) is 0 Å². The van der Waals surface area contributed by atoms with Gasteiger partial charge in [-0.3, -0.25) is 4.79 Å². The molecule has 0 bridgehead atoms. The number of carbonyl (C=O) groups excluding carboxylic acids is 1. The largest absolute Gasteiger partial charge is 0.391 e. The van der Waals surface area contributed by atoms with Crippen molar-refractivity contribution in [1.82, 2.24) is 10.6 Å². The van der Waals surface area contributed by atoms with E-state index in [0.717, 1.165) is 25.9 Å². The van der Waals surface area contributed by atoms with Crippen molar-refractivity contribution in [2.45, 2.75) is 39.2 Å². The van der Waals surface area contributed by atoms with Gasteiger partial charge in [0.15, 0.2) is 0 Å². The van der Waals surface area contributed by atoms with Crippen molar-refractivity contribution in [3.8, 4) is 0 Å². The summed E-state index contributed by atoms with van der Waals surface area (Å²) in [6.07, 6.45) is 2.10. The Bertz CT molecular complexity index is 213. The maximum Gasteiger partial charge on any atom is 0.220 e. The molecule has 0 aromatic rings. The van der Waals surface area contributed by atoms with Crippen LogP contribution in [0.3, 0.4) is 0 Å². The van der Waals surface area contributed by atoms with Gasteiger partial charge in [-0.1, -0.05) is 26.7 Å². The van der Waals surface area contributed by atoms with Crippen LogP contribution in [0, 0.1) is 11.8 Å². The first-order valence-corrected chi connectivity index (χ1v) is 6.32. The molecule has 4 heteroatoms. The first-order valence-electron chi connectivity index (χ1n) is 6.32. The van der Waals surface area contributed by atoms with Gasteiger partial charge in [0.05, 0.1) is 6.10 Å². The van der Waals surface area contributed by atoms with Gasteiger partial charge in [0, 0.05) is 13.0 Å². The zero-order valence-corrected chi connectivity index (χ0v) is 10.3. The van der Waals surface area contributed by atoms with E-state index in [1.165, 1.54) is 0 Å². The molecule has 3 N–H and O–H groups in total. The molecule has 1 fully saturated rings. The fourth-order valence-corrected chi connectivity index (χ4v) is 2.05. The predicted molar refractivity (Wildman–Crippen MR) is 64.1 cm³/mol. The van der Waals surface area contributed by atoms with Crippen LogP contribution in [-0.4, -0.2) is 36.8 Å². The lowest BCUT2D eigenvalue weighted by Crippen LogP contribution is -2.45. The van der Waals surface area contributed by atoms with Crippen molar-refractivity contribution in [1.29, 1.82) is 0 Å². The Balaban J connectivity index is 2.14. The molecule has 0 spiro atoms. The first kappa shape index (κ1) is 13.5. The molecule has 1 rings (SSSR count). The molecule has 1 saturated heterocycles. The van der Waals surface area contributed by atoms with E-state index in [2.05, 4.69) is 24.5 Å². The number of rotatable bonds is 7. The zero-order valence-electron chi connectivity index (χ0n) is 10.3. The maximum atomic E-state index is 11.5. The lowest BCUT2D eigenvalue weighted by Gasteiger charge is -2.27. The molecule has 4 nitrogen and oxygen atoms in total. The minimum Gasteiger partial charge on any atom is -0.391 e. The van der Waals surface area contributed by atoms with Crippen LogP contribution in [0.1, 0.15) is 33.1 Å². The molecule has 1 atom stereocenters. The molecule has 16 heavy (non-hydrogen) atoms. The highest BCUT2D eigenvalue weighted by Crippen LogP contribution is 2.12. The summed E-state index contributed by atoms with van der Waals surface area (Å²) in [7, 11) is 0. The Morgan fingerprint density at radius 2 is 2.06 bits per heavy atom. The van der Waals surface area contributed by atoms with Gasteiger partial charge in [-0.2, -0.15) is 0 Å². The van der Waals surface area contributed by atoms with E-state index in [0.29, 0.717) is 24.8 Å². The monoisotopic (exact) mass is 228 g/mol. The number of amides is 1. The van der Waals surface area contributed by atoms with Crippen molar-refractivity contribution in [3.63, 3.8) is 0 Å². The van der Waals surface area contributed by atoms with Crippen LogP contribution in [0.25, 0.3) is 0 Å². The standard InChI is InChI=1S/C12H24N2O2/c1-3-10(4-2)11(15)8-14-12(16)5-9-6-13-7-9/h9-11,13,15H,3-8H2,1-2H3,(H,14,16). The first-order chi connectivity index (χ1) is 7.67. The van der Waals surface area contributed by atoms with E-state index < -0.39 is 6.10 Å². The van der Waals surface area contributed by atoms with Crippen LogP contribution in [0.15, 0.2) is 0 Å². The Morgan fingerprint density at radius 3 is 2.50 bits per heavy atom. The van der Waals surface area contributed by atoms with Gasteiger partial charge < -0.3 is 15.7 Å². The molecule has 1 amide bonds. The van der Waals surface area contributed by atoms with E-state index in [9.17, 15) is 9.90 Å². The fraction of sp³-hybridized carbons (Fsp3) is 0.917. The molecule has 0 saturated carbocycles. The van der Waals surface area contributed by atoms with Crippen LogP contribution in [0.5, 0.6) is 0 Å². The van der Waals surface area contributed by atoms with Gasteiger partial charge >= 0.3 is 0 Å². The van der Waals surface area contributed by atoms with Crippen molar-refractivity contribution in [2.75, 3.05) is 19.6 Å². The molecule has 1 unspecified atom stereocenters. The summed E-state index contributed by atoms with van der Waals surface area (Å²) in [6.45, 7) is 6.43. The number of aliphatic hydroxyl groups excluding tert-OH is 1. The summed E-state index contributed by atoms with van der Waals surface area (Å²) in [6, 6.07) is 0. The third-order valence-corrected chi connectivity index (χ3v) is 3.44. The summed E-state index contributed by atoms with van der Waals surface area (Å²) in [5.74, 6) is 0.854. The lowest BCUT2D eigenvalue weighted by molar-refractivity contribution is -0.123. The smallest absolute Gasteiger partial charge is 0.220 e. The summed E-state index contributed by atoms with van der Waals surface area (Å²) in [5, 5.41) is 15.8. The Hall–Kier alpha value is -0.610. The zero-order chi connectivity index (χ0) is 12.0. The molecule has 0 aliphatic carbocycles. The van der Waals surface area contributed by atoms with Gasteiger partial charge in [0.25, 0.3) is 0 Å². The van der Waals surface area contributed by atoms with Gasteiger partial charge in [-0.05, 0) is 24.9 Å². The second-order valence-corrected chi connectivity index (χ2v) is 4.68. The average molecular weight is 228 g/mol. The van der Waals surface area contributed by atoms with Gasteiger partial charge in [-0.25, -0.2) is 0 Å². The third kappa shape index (κ3) is 4.10. The maximum absolute atomic E-state index is 11.5. The quantitative estimate of drug-likeness (QED) is 0.595. The number of hydrogen-bond donors (Lipinski definition) is 3. The van der Waals surface area contributed by atoms with E-state index in [1.807, 2.05) is 0 Å². The highest BCUT2D eigenvalue weighted by Gasteiger charge is 2.21. The molecule has 94 valence electrons. The second-order valence-electron chi connectivity index (χ2n) is 4.68. The average Bonchev–Trinajstić information content (AvgIpc) is 2.22. The Kier molecular flexibility index (Phi) is 5.77. The number of nitrogens with one attached hydrogen (secondary N) is 2.